The smallest absolute Gasteiger partial charge is 0.366 e. The Morgan fingerprint density at radius 2 is 1.81 bits per heavy atom. The van der Waals surface area contributed by atoms with Crippen molar-refractivity contribution in [2.45, 2.75) is 37.9 Å². The molecule has 0 amide bonds. The standard InChI is InChI=1S/C20H23F3N4/c1-27(2)19-24-11-16(13-5-7-15(8-6-13)20(21,22)23)18(26-19)25-17-10-12-3-4-14(17)9-12/h5-8,11-12,14,17H,3-4,9-10H2,1-2H3,(H,24,25,26)/t12-,14+,17-/m1/s1. The average molecular weight is 376 g/mol. The Kier molecular flexibility index (Phi) is 4.48. The van der Waals surface area contributed by atoms with E-state index in [0.29, 0.717) is 29.3 Å². The molecule has 144 valence electrons. The first-order valence-corrected chi connectivity index (χ1v) is 9.30. The topological polar surface area (TPSA) is 41.1 Å². The van der Waals surface area contributed by atoms with Gasteiger partial charge in [0.2, 0.25) is 5.95 Å². The normalized spacial score (nSPS) is 24.3. The molecule has 3 atom stereocenters. The van der Waals surface area contributed by atoms with Crippen molar-refractivity contribution in [2.24, 2.45) is 11.8 Å². The van der Waals surface area contributed by atoms with Crippen LogP contribution in [0.15, 0.2) is 30.5 Å². The maximum Gasteiger partial charge on any atom is 0.416 e. The highest BCUT2D eigenvalue weighted by Gasteiger charge is 2.40. The predicted octanol–water partition coefficient (Wildman–Crippen LogP) is 4.83. The van der Waals surface area contributed by atoms with Crippen LogP contribution in [0.1, 0.15) is 31.2 Å². The van der Waals surface area contributed by atoms with Gasteiger partial charge in [-0.1, -0.05) is 18.6 Å². The summed E-state index contributed by atoms with van der Waals surface area (Å²) in [5.41, 5.74) is 0.760. The van der Waals surface area contributed by atoms with Crippen molar-refractivity contribution in [3.8, 4) is 11.1 Å². The van der Waals surface area contributed by atoms with Gasteiger partial charge < -0.3 is 10.2 Å². The van der Waals surface area contributed by atoms with Crippen LogP contribution < -0.4 is 10.2 Å². The highest BCUT2D eigenvalue weighted by atomic mass is 19.4. The van der Waals surface area contributed by atoms with Crippen LogP contribution in [-0.2, 0) is 6.18 Å². The number of alkyl halides is 3. The van der Waals surface area contributed by atoms with Gasteiger partial charge in [0.1, 0.15) is 5.82 Å². The van der Waals surface area contributed by atoms with Gasteiger partial charge in [0.25, 0.3) is 0 Å². The van der Waals surface area contributed by atoms with Gasteiger partial charge in [-0.2, -0.15) is 18.2 Å². The summed E-state index contributed by atoms with van der Waals surface area (Å²) in [6, 6.07) is 5.57. The highest BCUT2D eigenvalue weighted by molar-refractivity contribution is 5.75. The molecule has 0 unspecified atom stereocenters. The summed E-state index contributed by atoms with van der Waals surface area (Å²) in [4.78, 5) is 10.8. The van der Waals surface area contributed by atoms with Crippen molar-refractivity contribution < 1.29 is 13.2 Å². The van der Waals surface area contributed by atoms with E-state index >= 15 is 0 Å². The van der Waals surface area contributed by atoms with Crippen LogP contribution >= 0.6 is 0 Å². The fraction of sp³-hybridized carbons (Fsp3) is 0.500. The Bertz CT molecular complexity index is 817. The molecule has 2 aliphatic rings. The lowest BCUT2D eigenvalue weighted by atomic mass is 9.95. The summed E-state index contributed by atoms with van der Waals surface area (Å²) in [5, 5.41) is 3.58. The van der Waals surface area contributed by atoms with Crippen molar-refractivity contribution in [1.29, 1.82) is 0 Å². The van der Waals surface area contributed by atoms with Crippen molar-refractivity contribution in [1.82, 2.24) is 9.97 Å². The number of halogens is 3. The van der Waals surface area contributed by atoms with Crippen molar-refractivity contribution in [2.75, 3.05) is 24.3 Å². The zero-order valence-electron chi connectivity index (χ0n) is 15.4. The van der Waals surface area contributed by atoms with Gasteiger partial charge in [0.05, 0.1) is 5.56 Å². The molecule has 0 radical (unpaired) electrons. The largest absolute Gasteiger partial charge is 0.416 e. The lowest BCUT2D eigenvalue weighted by molar-refractivity contribution is -0.137. The first-order chi connectivity index (χ1) is 12.8. The molecule has 4 nitrogen and oxygen atoms in total. The zero-order valence-corrected chi connectivity index (χ0v) is 15.4. The van der Waals surface area contributed by atoms with Crippen LogP contribution in [0.25, 0.3) is 11.1 Å². The monoisotopic (exact) mass is 376 g/mol. The number of fused-ring (bicyclic) bond motifs is 2. The second-order valence-electron chi connectivity index (χ2n) is 7.83. The minimum Gasteiger partial charge on any atom is -0.366 e. The maximum absolute atomic E-state index is 12.9. The second-order valence-corrected chi connectivity index (χ2v) is 7.83. The molecular weight excluding hydrogens is 353 g/mol. The Labute approximate surface area is 156 Å². The number of anilines is 2. The minimum absolute atomic E-state index is 0.377. The molecule has 4 rings (SSSR count). The summed E-state index contributed by atoms with van der Waals surface area (Å²) in [6.07, 6.45) is 2.30. The molecule has 2 fully saturated rings. The van der Waals surface area contributed by atoms with Crippen molar-refractivity contribution in [3.63, 3.8) is 0 Å². The van der Waals surface area contributed by atoms with Crippen LogP contribution in [0.2, 0.25) is 0 Å². The molecular formula is C20H23F3N4. The van der Waals surface area contributed by atoms with E-state index < -0.39 is 11.7 Å². The van der Waals surface area contributed by atoms with E-state index in [1.165, 1.54) is 31.4 Å². The SMILES string of the molecule is CN(C)c1ncc(-c2ccc(C(F)(F)F)cc2)c(N[C@@H]2C[C@@H]3CC[C@H]2C3)n1. The molecule has 0 aliphatic heterocycles. The molecule has 2 aliphatic carbocycles. The summed E-state index contributed by atoms with van der Waals surface area (Å²) in [7, 11) is 3.74. The molecule has 2 bridgehead atoms. The molecule has 2 aromatic rings. The first kappa shape index (κ1) is 18.1. The van der Waals surface area contributed by atoms with Crippen LogP contribution in [0, 0.1) is 11.8 Å². The molecule has 27 heavy (non-hydrogen) atoms. The lowest BCUT2D eigenvalue weighted by Crippen LogP contribution is -2.27. The summed E-state index contributed by atoms with van der Waals surface area (Å²) < 4.78 is 38.6. The van der Waals surface area contributed by atoms with Gasteiger partial charge in [-0.25, -0.2) is 4.98 Å². The van der Waals surface area contributed by atoms with Gasteiger partial charge >= 0.3 is 6.18 Å². The lowest BCUT2D eigenvalue weighted by Gasteiger charge is -2.25. The number of nitrogens with one attached hydrogen (secondary N) is 1. The molecule has 7 heteroatoms. The van der Waals surface area contributed by atoms with Gasteiger partial charge in [-0.05, 0) is 48.8 Å². The van der Waals surface area contributed by atoms with E-state index in [9.17, 15) is 13.2 Å². The van der Waals surface area contributed by atoms with E-state index in [2.05, 4.69) is 15.3 Å². The van der Waals surface area contributed by atoms with Gasteiger partial charge in [-0.15, -0.1) is 0 Å². The van der Waals surface area contributed by atoms with Gasteiger partial charge in [0, 0.05) is 31.9 Å². The predicted molar refractivity (Wildman–Crippen MR) is 99.7 cm³/mol. The van der Waals surface area contributed by atoms with E-state index in [-0.39, 0.29) is 0 Å². The maximum atomic E-state index is 12.9. The Balaban J connectivity index is 1.67. The van der Waals surface area contributed by atoms with Crippen LogP contribution in [0.5, 0.6) is 0 Å². The highest BCUT2D eigenvalue weighted by Crippen LogP contribution is 2.46. The first-order valence-electron chi connectivity index (χ1n) is 9.30. The van der Waals surface area contributed by atoms with Crippen molar-refractivity contribution in [3.05, 3.63) is 36.0 Å². The van der Waals surface area contributed by atoms with Crippen LogP contribution in [-0.4, -0.2) is 30.1 Å². The quantitative estimate of drug-likeness (QED) is 0.830. The van der Waals surface area contributed by atoms with Gasteiger partial charge in [-0.3, -0.25) is 0 Å². The number of nitrogens with zero attached hydrogens (tertiary/aromatic N) is 3. The number of aromatic nitrogens is 2. The van der Waals surface area contributed by atoms with Crippen LogP contribution in [0.4, 0.5) is 24.9 Å². The van der Waals surface area contributed by atoms with E-state index in [0.717, 1.165) is 30.0 Å². The summed E-state index contributed by atoms with van der Waals surface area (Å²) in [6.45, 7) is 0. The Morgan fingerprint density at radius 1 is 1.07 bits per heavy atom. The molecule has 1 N–H and O–H groups in total. The fourth-order valence-electron chi connectivity index (χ4n) is 4.35. The molecule has 1 aromatic carbocycles. The average Bonchev–Trinajstić information content (AvgIpc) is 3.24. The van der Waals surface area contributed by atoms with Crippen molar-refractivity contribution >= 4 is 11.8 Å². The Morgan fingerprint density at radius 3 is 2.37 bits per heavy atom. The summed E-state index contributed by atoms with van der Waals surface area (Å²) in [5.74, 6) is 2.73. The van der Waals surface area contributed by atoms with Gasteiger partial charge in [0.15, 0.2) is 0 Å². The third kappa shape index (κ3) is 3.59. The third-order valence-electron chi connectivity index (χ3n) is 5.76. The Hall–Kier alpha value is -2.31. The third-order valence-corrected chi connectivity index (χ3v) is 5.76. The van der Waals surface area contributed by atoms with E-state index in [1.807, 2.05) is 19.0 Å². The number of rotatable bonds is 4. The minimum atomic E-state index is -4.34. The second kappa shape index (κ2) is 6.69. The summed E-state index contributed by atoms with van der Waals surface area (Å²) >= 11 is 0. The molecule has 2 saturated carbocycles. The molecule has 0 saturated heterocycles. The molecule has 1 heterocycles. The number of hydrogen-bond donors (Lipinski definition) is 1. The zero-order chi connectivity index (χ0) is 19.2. The molecule has 0 spiro atoms. The van der Waals surface area contributed by atoms with E-state index in [4.69, 9.17) is 0 Å². The fourth-order valence-corrected chi connectivity index (χ4v) is 4.35. The number of benzene rings is 1. The van der Waals surface area contributed by atoms with Crippen LogP contribution in [0.3, 0.4) is 0 Å². The number of hydrogen-bond acceptors (Lipinski definition) is 4. The van der Waals surface area contributed by atoms with E-state index in [1.54, 1.807) is 6.20 Å². The molecule has 1 aromatic heterocycles.